The van der Waals surface area contributed by atoms with Crippen LogP contribution in [0.1, 0.15) is 20.8 Å². The van der Waals surface area contributed by atoms with Crippen LogP contribution in [0.15, 0.2) is 36.5 Å². The Labute approximate surface area is 155 Å². The fraction of sp³-hybridized carbons (Fsp3) is 0.278. The summed E-state index contributed by atoms with van der Waals surface area (Å²) in [6.07, 6.45) is 1.45. The summed E-state index contributed by atoms with van der Waals surface area (Å²) in [5.41, 5.74) is 1.07. The molecule has 0 radical (unpaired) electrons. The zero-order chi connectivity index (χ0) is 18.5. The standard InChI is InChI=1S/C18H18ClN3O4/c1-25-16-3-2-13(11-14(16)19)21-17(23)15-10-12(4-5-20-15)18(24)22-6-8-26-9-7-22/h2-5,10-11H,6-9H2,1H3,(H,21,23). The molecule has 0 saturated carbocycles. The lowest BCUT2D eigenvalue weighted by molar-refractivity contribution is 0.0303. The Kier molecular flexibility index (Phi) is 5.70. The fourth-order valence-electron chi connectivity index (χ4n) is 2.58. The molecule has 0 bridgehead atoms. The maximum Gasteiger partial charge on any atom is 0.274 e. The minimum atomic E-state index is -0.428. The Morgan fingerprint density at radius 2 is 2.00 bits per heavy atom. The monoisotopic (exact) mass is 375 g/mol. The van der Waals surface area contributed by atoms with Crippen LogP contribution < -0.4 is 10.1 Å². The number of benzene rings is 1. The predicted octanol–water partition coefficient (Wildman–Crippen LogP) is 2.47. The summed E-state index contributed by atoms with van der Waals surface area (Å²) in [5, 5.41) is 3.09. The highest BCUT2D eigenvalue weighted by atomic mass is 35.5. The summed E-state index contributed by atoms with van der Waals surface area (Å²) in [5.74, 6) is -0.0546. The topological polar surface area (TPSA) is 80.8 Å². The highest BCUT2D eigenvalue weighted by molar-refractivity contribution is 6.32. The van der Waals surface area contributed by atoms with E-state index < -0.39 is 5.91 Å². The third-order valence-corrected chi connectivity index (χ3v) is 4.24. The van der Waals surface area contributed by atoms with Gasteiger partial charge in [0.25, 0.3) is 11.8 Å². The van der Waals surface area contributed by atoms with Crippen LogP contribution in [0.3, 0.4) is 0 Å². The van der Waals surface area contributed by atoms with E-state index in [0.29, 0.717) is 48.3 Å². The molecule has 3 rings (SSSR count). The van der Waals surface area contributed by atoms with Crippen molar-refractivity contribution in [2.24, 2.45) is 0 Å². The lowest BCUT2D eigenvalue weighted by Gasteiger charge is -2.26. The number of hydrogen-bond acceptors (Lipinski definition) is 5. The zero-order valence-corrected chi connectivity index (χ0v) is 15.0. The van der Waals surface area contributed by atoms with Crippen LogP contribution in [0.5, 0.6) is 5.75 Å². The van der Waals surface area contributed by atoms with Crippen LogP contribution in [0, 0.1) is 0 Å². The number of ether oxygens (including phenoxy) is 2. The van der Waals surface area contributed by atoms with Gasteiger partial charge in [-0.3, -0.25) is 14.6 Å². The third-order valence-electron chi connectivity index (χ3n) is 3.95. The highest BCUT2D eigenvalue weighted by Gasteiger charge is 2.20. The number of amides is 2. The van der Waals surface area contributed by atoms with Crippen molar-refractivity contribution in [3.63, 3.8) is 0 Å². The molecule has 2 amide bonds. The van der Waals surface area contributed by atoms with Crippen LogP contribution >= 0.6 is 11.6 Å². The SMILES string of the molecule is COc1ccc(NC(=O)c2cc(C(=O)N3CCOCC3)ccn2)cc1Cl. The number of nitrogens with zero attached hydrogens (tertiary/aromatic N) is 2. The van der Waals surface area contributed by atoms with Crippen LogP contribution in [0.25, 0.3) is 0 Å². The van der Waals surface area contributed by atoms with Crippen molar-refractivity contribution in [3.05, 3.63) is 52.8 Å². The van der Waals surface area contributed by atoms with Gasteiger partial charge in [0, 0.05) is 30.5 Å². The van der Waals surface area contributed by atoms with E-state index >= 15 is 0 Å². The first-order valence-electron chi connectivity index (χ1n) is 8.06. The molecule has 1 aromatic carbocycles. The van der Waals surface area contributed by atoms with Crippen molar-refractivity contribution < 1.29 is 19.1 Å². The molecule has 136 valence electrons. The van der Waals surface area contributed by atoms with Crippen molar-refractivity contribution >= 4 is 29.1 Å². The van der Waals surface area contributed by atoms with Gasteiger partial charge in [0.2, 0.25) is 0 Å². The number of carbonyl (C=O) groups excluding carboxylic acids is 2. The van der Waals surface area contributed by atoms with E-state index in [1.54, 1.807) is 29.2 Å². The van der Waals surface area contributed by atoms with Gasteiger partial charge >= 0.3 is 0 Å². The van der Waals surface area contributed by atoms with Crippen LogP contribution in [-0.2, 0) is 4.74 Å². The van der Waals surface area contributed by atoms with E-state index in [0.717, 1.165) is 0 Å². The minimum absolute atomic E-state index is 0.141. The van der Waals surface area contributed by atoms with Gasteiger partial charge in [0.15, 0.2) is 0 Å². The molecule has 1 N–H and O–H groups in total. The molecular formula is C18H18ClN3O4. The quantitative estimate of drug-likeness (QED) is 0.887. The first-order valence-corrected chi connectivity index (χ1v) is 8.44. The van der Waals surface area contributed by atoms with Gasteiger partial charge < -0.3 is 19.7 Å². The molecule has 2 aromatic rings. The van der Waals surface area contributed by atoms with E-state index in [1.807, 2.05) is 0 Å². The number of carbonyl (C=O) groups is 2. The first kappa shape index (κ1) is 18.2. The van der Waals surface area contributed by atoms with Gasteiger partial charge in [-0.25, -0.2) is 0 Å². The summed E-state index contributed by atoms with van der Waals surface area (Å²) in [6.45, 7) is 2.10. The Morgan fingerprint density at radius 1 is 1.23 bits per heavy atom. The molecule has 1 aromatic heterocycles. The molecule has 1 saturated heterocycles. The van der Waals surface area contributed by atoms with E-state index in [9.17, 15) is 9.59 Å². The van der Waals surface area contributed by atoms with Gasteiger partial charge in [0.1, 0.15) is 11.4 Å². The number of halogens is 1. The van der Waals surface area contributed by atoms with Gasteiger partial charge in [-0.15, -0.1) is 0 Å². The average molecular weight is 376 g/mol. The maximum atomic E-state index is 12.5. The number of pyridine rings is 1. The van der Waals surface area contributed by atoms with Gasteiger partial charge in [-0.1, -0.05) is 11.6 Å². The van der Waals surface area contributed by atoms with Crippen molar-refractivity contribution in [1.29, 1.82) is 0 Å². The van der Waals surface area contributed by atoms with Gasteiger partial charge in [-0.05, 0) is 30.3 Å². The van der Waals surface area contributed by atoms with E-state index in [2.05, 4.69) is 10.3 Å². The molecular weight excluding hydrogens is 358 g/mol. The largest absolute Gasteiger partial charge is 0.495 e. The maximum absolute atomic E-state index is 12.5. The predicted molar refractivity (Wildman–Crippen MR) is 96.9 cm³/mol. The molecule has 0 unspecified atom stereocenters. The Bertz CT molecular complexity index is 822. The van der Waals surface area contributed by atoms with Crippen LogP contribution in [-0.4, -0.2) is 55.1 Å². The molecule has 0 atom stereocenters. The molecule has 8 heteroatoms. The lowest BCUT2D eigenvalue weighted by Crippen LogP contribution is -2.40. The van der Waals surface area contributed by atoms with Crippen molar-refractivity contribution in [1.82, 2.24) is 9.88 Å². The summed E-state index contributed by atoms with van der Waals surface area (Å²) in [4.78, 5) is 30.7. The van der Waals surface area contributed by atoms with Gasteiger partial charge in [0.05, 0.1) is 25.3 Å². The number of morpholine rings is 1. The van der Waals surface area contributed by atoms with Crippen LogP contribution in [0.2, 0.25) is 5.02 Å². The van der Waals surface area contributed by atoms with E-state index in [4.69, 9.17) is 21.1 Å². The Hall–Kier alpha value is -2.64. The highest BCUT2D eigenvalue weighted by Crippen LogP contribution is 2.27. The first-order chi connectivity index (χ1) is 12.6. The van der Waals surface area contributed by atoms with Gasteiger partial charge in [-0.2, -0.15) is 0 Å². The summed E-state index contributed by atoms with van der Waals surface area (Å²) < 4.78 is 10.3. The molecule has 1 aliphatic rings. The minimum Gasteiger partial charge on any atom is -0.495 e. The third kappa shape index (κ3) is 4.12. The van der Waals surface area contributed by atoms with E-state index in [-0.39, 0.29) is 11.6 Å². The molecule has 0 spiro atoms. The summed E-state index contributed by atoms with van der Waals surface area (Å²) in [7, 11) is 1.51. The number of anilines is 1. The molecule has 2 heterocycles. The normalized spacial score (nSPS) is 14.0. The smallest absolute Gasteiger partial charge is 0.274 e. The van der Waals surface area contributed by atoms with Crippen LogP contribution in [0.4, 0.5) is 5.69 Å². The second-order valence-corrected chi connectivity index (χ2v) is 6.04. The number of rotatable bonds is 4. The van der Waals surface area contributed by atoms with Crippen molar-refractivity contribution in [2.75, 3.05) is 38.7 Å². The number of methoxy groups -OCH3 is 1. The lowest BCUT2D eigenvalue weighted by atomic mass is 10.2. The average Bonchev–Trinajstić information content (AvgIpc) is 2.68. The zero-order valence-electron chi connectivity index (χ0n) is 14.2. The molecule has 1 fully saturated rings. The van der Waals surface area contributed by atoms with Crippen molar-refractivity contribution in [3.8, 4) is 5.75 Å². The molecule has 0 aliphatic carbocycles. The Balaban J connectivity index is 1.73. The molecule has 26 heavy (non-hydrogen) atoms. The van der Waals surface area contributed by atoms with Crippen molar-refractivity contribution in [2.45, 2.75) is 0 Å². The second-order valence-electron chi connectivity index (χ2n) is 5.64. The van der Waals surface area contributed by atoms with E-state index in [1.165, 1.54) is 19.4 Å². The second kappa shape index (κ2) is 8.16. The fourth-order valence-corrected chi connectivity index (χ4v) is 2.83. The number of aromatic nitrogens is 1. The molecule has 1 aliphatic heterocycles. The molecule has 7 nitrogen and oxygen atoms in total. The number of hydrogen-bond donors (Lipinski definition) is 1. The Morgan fingerprint density at radius 3 is 2.69 bits per heavy atom. The summed E-state index contributed by atoms with van der Waals surface area (Å²) >= 11 is 6.06. The summed E-state index contributed by atoms with van der Waals surface area (Å²) in [6, 6.07) is 7.99. The number of nitrogens with one attached hydrogen (secondary N) is 1.